The molecule has 0 aliphatic heterocycles. The van der Waals surface area contributed by atoms with Gasteiger partial charge < -0.3 is 9.84 Å². The second-order valence-corrected chi connectivity index (χ2v) is 4.02. The van der Waals surface area contributed by atoms with E-state index >= 15 is 0 Å². The Labute approximate surface area is 108 Å². The van der Waals surface area contributed by atoms with E-state index in [0.717, 1.165) is 12.1 Å². The molecule has 2 nitrogen and oxygen atoms in total. The Hall–Kier alpha value is -2.01. The van der Waals surface area contributed by atoms with Gasteiger partial charge in [0.1, 0.15) is 0 Å². The number of ether oxygens (including phenoxy) is 1. The highest BCUT2D eigenvalue weighted by molar-refractivity contribution is 5.35. The largest absolute Gasteiger partial charge is 0.451 e. The van der Waals surface area contributed by atoms with Crippen LogP contribution >= 0.6 is 0 Å². The molecule has 19 heavy (non-hydrogen) atoms. The fourth-order valence-electron chi connectivity index (χ4n) is 1.54. The Balaban J connectivity index is 2.31. The van der Waals surface area contributed by atoms with E-state index in [9.17, 15) is 18.3 Å². The third-order valence-electron chi connectivity index (χ3n) is 2.57. The third-order valence-corrected chi connectivity index (χ3v) is 2.57. The average molecular weight is 268 g/mol. The molecule has 0 saturated carbocycles. The molecule has 0 fully saturated rings. The van der Waals surface area contributed by atoms with E-state index < -0.39 is 29.3 Å². The SMILES string of the molecule is C[C@H](O)c1ccc(Oc2cccc(F)c2F)c(F)c1. The molecule has 1 N–H and O–H groups in total. The number of hydrogen-bond donors (Lipinski definition) is 1. The molecule has 0 saturated heterocycles. The molecule has 1 atom stereocenters. The lowest BCUT2D eigenvalue weighted by molar-refractivity contribution is 0.198. The first-order valence-electron chi connectivity index (χ1n) is 5.58. The highest BCUT2D eigenvalue weighted by atomic mass is 19.2. The van der Waals surface area contributed by atoms with Crippen molar-refractivity contribution in [1.82, 2.24) is 0 Å². The fraction of sp³-hybridized carbons (Fsp3) is 0.143. The van der Waals surface area contributed by atoms with E-state index in [1.165, 1.54) is 31.2 Å². The van der Waals surface area contributed by atoms with Crippen molar-refractivity contribution < 1.29 is 23.0 Å². The predicted molar refractivity (Wildman–Crippen MR) is 63.5 cm³/mol. The highest BCUT2D eigenvalue weighted by Crippen LogP contribution is 2.29. The van der Waals surface area contributed by atoms with Crippen molar-refractivity contribution in [1.29, 1.82) is 0 Å². The van der Waals surface area contributed by atoms with Crippen LogP contribution in [0.25, 0.3) is 0 Å². The monoisotopic (exact) mass is 268 g/mol. The summed E-state index contributed by atoms with van der Waals surface area (Å²) in [5, 5.41) is 9.29. The van der Waals surface area contributed by atoms with Crippen LogP contribution in [0.1, 0.15) is 18.6 Å². The summed E-state index contributed by atoms with van der Waals surface area (Å²) in [6.07, 6.45) is -0.825. The summed E-state index contributed by atoms with van der Waals surface area (Å²) in [4.78, 5) is 0. The van der Waals surface area contributed by atoms with Crippen LogP contribution in [0.5, 0.6) is 11.5 Å². The van der Waals surface area contributed by atoms with Gasteiger partial charge in [-0.1, -0.05) is 12.1 Å². The molecular weight excluding hydrogens is 257 g/mol. The quantitative estimate of drug-likeness (QED) is 0.913. The molecule has 2 rings (SSSR count). The van der Waals surface area contributed by atoms with Crippen LogP contribution in [0.15, 0.2) is 36.4 Å². The molecule has 0 aliphatic rings. The lowest BCUT2D eigenvalue weighted by Gasteiger charge is -2.10. The second kappa shape index (κ2) is 5.32. The van der Waals surface area contributed by atoms with Crippen LogP contribution in [0, 0.1) is 17.5 Å². The van der Waals surface area contributed by atoms with Crippen LogP contribution in [0.3, 0.4) is 0 Å². The molecule has 0 radical (unpaired) electrons. The van der Waals surface area contributed by atoms with Crippen molar-refractivity contribution in [2.24, 2.45) is 0 Å². The van der Waals surface area contributed by atoms with Gasteiger partial charge in [0.15, 0.2) is 23.1 Å². The van der Waals surface area contributed by atoms with Crippen molar-refractivity contribution in [3.05, 3.63) is 59.4 Å². The van der Waals surface area contributed by atoms with Crippen LogP contribution in [-0.4, -0.2) is 5.11 Å². The van der Waals surface area contributed by atoms with Gasteiger partial charge in [-0.05, 0) is 36.8 Å². The molecule has 5 heteroatoms. The molecule has 0 amide bonds. The molecule has 0 heterocycles. The van der Waals surface area contributed by atoms with Gasteiger partial charge in [0.05, 0.1) is 6.10 Å². The third kappa shape index (κ3) is 2.88. The average Bonchev–Trinajstić information content (AvgIpc) is 2.37. The minimum atomic E-state index is -1.18. The lowest BCUT2D eigenvalue weighted by atomic mass is 10.1. The Morgan fingerprint density at radius 2 is 1.74 bits per heavy atom. The zero-order valence-corrected chi connectivity index (χ0v) is 10.0. The Bertz CT molecular complexity index is 597. The van der Waals surface area contributed by atoms with Gasteiger partial charge in [0.2, 0.25) is 5.82 Å². The normalized spacial score (nSPS) is 12.3. The van der Waals surface area contributed by atoms with Crippen molar-refractivity contribution in [3.8, 4) is 11.5 Å². The minimum Gasteiger partial charge on any atom is -0.451 e. The van der Waals surface area contributed by atoms with E-state index in [1.807, 2.05) is 0 Å². The number of rotatable bonds is 3. The standard InChI is InChI=1S/C14H11F3O2/c1-8(18)9-5-6-12(11(16)7-9)19-13-4-2-3-10(15)14(13)17/h2-8,18H,1H3/t8-/m0/s1. The summed E-state index contributed by atoms with van der Waals surface area (Å²) in [5.74, 6) is -3.65. The summed E-state index contributed by atoms with van der Waals surface area (Å²) >= 11 is 0. The smallest absolute Gasteiger partial charge is 0.201 e. The van der Waals surface area contributed by atoms with Gasteiger partial charge in [0.25, 0.3) is 0 Å². The van der Waals surface area contributed by atoms with Crippen molar-refractivity contribution in [2.75, 3.05) is 0 Å². The molecule has 2 aromatic carbocycles. The number of halogens is 3. The number of aliphatic hydroxyl groups is 1. The van der Waals surface area contributed by atoms with Crippen molar-refractivity contribution >= 4 is 0 Å². The maximum absolute atomic E-state index is 13.7. The maximum Gasteiger partial charge on any atom is 0.201 e. The Morgan fingerprint density at radius 1 is 1.00 bits per heavy atom. The summed E-state index contributed by atoms with van der Waals surface area (Å²) in [6.45, 7) is 1.49. The van der Waals surface area contributed by atoms with Gasteiger partial charge in [-0.15, -0.1) is 0 Å². The van der Waals surface area contributed by atoms with Crippen LogP contribution in [0.4, 0.5) is 13.2 Å². The van der Waals surface area contributed by atoms with E-state index in [4.69, 9.17) is 4.74 Å². The molecular formula is C14H11F3O2. The van der Waals surface area contributed by atoms with E-state index in [2.05, 4.69) is 0 Å². The van der Waals surface area contributed by atoms with Gasteiger partial charge >= 0.3 is 0 Å². The van der Waals surface area contributed by atoms with Gasteiger partial charge in [-0.25, -0.2) is 8.78 Å². The zero-order valence-electron chi connectivity index (χ0n) is 10.0. The van der Waals surface area contributed by atoms with E-state index in [1.54, 1.807) is 0 Å². The van der Waals surface area contributed by atoms with Gasteiger partial charge in [-0.2, -0.15) is 4.39 Å². The topological polar surface area (TPSA) is 29.5 Å². The molecule has 0 unspecified atom stereocenters. The minimum absolute atomic E-state index is 0.242. The highest BCUT2D eigenvalue weighted by Gasteiger charge is 2.13. The summed E-state index contributed by atoms with van der Waals surface area (Å²) in [5.41, 5.74) is 0.365. The molecule has 100 valence electrons. The summed E-state index contributed by atoms with van der Waals surface area (Å²) in [6, 6.07) is 7.17. The maximum atomic E-state index is 13.7. The van der Waals surface area contributed by atoms with E-state index in [-0.39, 0.29) is 5.75 Å². The van der Waals surface area contributed by atoms with Gasteiger partial charge in [-0.3, -0.25) is 0 Å². The number of hydrogen-bond acceptors (Lipinski definition) is 2. The summed E-state index contributed by atoms with van der Waals surface area (Å²) in [7, 11) is 0. The molecule has 0 bridgehead atoms. The van der Waals surface area contributed by atoms with E-state index in [0.29, 0.717) is 5.56 Å². The first kappa shape index (κ1) is 13.4. The number of benzene rings is 2. The number of aliphatic hydroxyl groups excluding tert-OH is 1. The first-order valence-corrected chi connectivity index (χ1v) is 5.58. The predicted octanol–water partition coefficient (Wildman–Crippen LogP) is 3.95. The molecule has 0 spiro atoms. The van der Waals surface area contributed by atoms with Crippen LogP contribution in [-0.2, 0) is 0 Å². The van der Waals surface area contributed by atoms with Crippen LogP contribution in [0.2, 0.25) is 0 Å². The first-order chi connectivity index (χ1) is 8.99. The zero-order chi connectivity index (χ0) is 14.0. The Morgan fingerprint density at radius 3 is 2.37 bits per heavy atom. The lowest BCUT2D eigenvalue weighted by Crippen LogP contribution is -1.96. The molecule has 0 aromatic heterocycles. The summed E-state index contributed by atoms with van der Waals surface area (Å²) < 4.78 is 45.0. The van der Waals surface area contributed by atoms with Crippen molar-refractivity contribution in [2.45, 2.75) is 13.0 Å². The van der Waals surface area contributed by atoms with Crippen molar-refractivity contribution in [3.63, 3.8) is 0 Å². The molecule has 2 aromatic rings. The Kier molecular flexibility index (Phi) is 3.76. The molecule has 0 aliphatic carbocycles. The van der Waals surface area contributed by atoms with Gasteiger partial charge in [0, 0.05) is 0 Å². The van der Waals surface area contributed by atoms with Crippen LogP contribution < -0.4 is 4.74 Å². The fourth-order valence-corrected chi connectivity index (χ4v) is 1.54. The second-order valence-electron chi connectivity index (χ2n) is 4.02.